The maximum Gasteiger partial charge on any atom is 0.417 e. The first-order valence-corrected chi connectivity index (χ1v) is 36.4. The number of amides is 12. The molecule has 4 aliphatic heterocycles. The molecule has 1 spiro atoms. The van der Waals surface area contributed by atoms with Crippen LogP contribution in [-0.2, 0) is 79.6 Å². The van der Waals surface area contributed by atoms with Crippen molar-refractivity contribution in [2.75, 3.05) is 102 Å². The number of nitrogens with one attached hydrogen (secondary N) is 3. The van der Waals surface area contributed by atoms with Crippen LogP contribution in [0, 0.1) is 17.8 Å². The molecular formula is C71H108ClF3N12O14. The summed E-state index contributed by atoms with van der Waals surface area (Å²) in [6.07, 6.45) is 1.74. The topological polar surface area (TPSA) is 289 Å². The zero-order valence-electron chi connectivity index (χ0n) is 61.0. The molecule has 0 aromatic heterocycles. The number of morpholine rings is 1. The minimum Gasteiger partial charge on any atom is -0.379 e. The van der Waals surface area contributed by atoms with Crippen LogP contribution in [0.3, 0.4) is 0 Å². The number of fused-ring (bicyclic) bond motifs is 3. The highest BCUT2D eigenvalue weighted by atomic mass is 35.5. The lowest BCUT2D eigenvalue weighted by Crippen LogP contribution is -2.65. The predicted octanol–water partition coefficient (Wildman–Crippen LogP) is 4.26. The molecule has 6 fully saturated rings. The number of likely N-dealkylation sites (N-methyl/N-ethyl adjacent to an activating group) is 7. The quantitative estimate of drug-likeness (QED) is 0.233. The van der Waals surface area contributed by atoms with Gasteiger partial charge in [-0.2, -0.15) is 13.2 Å². The first kappa shape index (κ1) is 81.2. The molecule has 30 heteroatoms. The average molecular weight is 1450 g/mol. The first-order valence-electron chi connectivity index (χ1n) is 36.0. The molecule has 101 heavy (non-hydrogen) atoms. The maximum absolute atomic E-state index is 15.9. The number of alkyl halides is 3. The van der Waals surface area contributed by atoms with Gasteiger partial charge in [0.25, 0.3) is 0 Å². The minimum atomic E-state index is -4.77. The molecule has 564 valence electrons. The second-order valence-electron chi connectivity index (χ2n) is 29.3. The second kappa shape index (κ2) is 35.8. The van der Waals surface area contributed by atoms with E-state index in [4.69, 9.17) is 21.1 Å². The van der Waals surface area contributed by atoms with Gasteiger partial charge in [0.1, 0.15) is 47.8 Å². The number of carbonyl (C=O) groups is 12. The molecule has 4 saturated heterocycles. The van der Waals surface area contributed by atoms with Crippen LogP contribution in [0.25, 0.3) is 0 Å². The van der Waals surface area contributed by atoms with Gasteiger partial charge in [0.05, 0.1) is 68.5 Å². The molecule has 2 bridgehead atoms. The Morgan fingerprint density at radius 2 is 1.31 bits per heavy atom. The molecule has 6 aliphatic rings. The van der Waals surface area contributed by atoms with Gasteiger partial charge in [-0.05, 0) is 112 Å². The summed E-state index contributed by atoms with van der Waals surface area (Å²) in [5, 5.41) is 8.09. The van der Waals surface area contributed by atoms with E-state index >= 15 is 28.8 Å². The Hall–Kier alpha value is -7.14. The zero-order chi connectivity index (χ0) is 74.5. The molecule has 26 nitrogen and oxygen atoms in total. The number of hydrogen-bond donors (Lipinski definition) is 3. The lowest BCUT2D eigenvalue weighted by atomic mass is 9.81. The van der Waals surface area contributed by atoms with E-state index in [-0.39, 0.29) is 95.1 Å². The Labute approximate surface area is 597 Å². The van der Waals surface area contributed by atoms with E-state index in [1.165, 1.54) is 75.0 Å². The standard InChI is InChI=1S/C71H108ClF3N12O14/c1-13-33-100-42-55-65(95)80(7)37-56(88)76-51(29-25-45-24-28-49(50(72)35-45)71(73,74)75)64(94)86-32-20-23-52(86)63(93)78-70(30-18-19-31-70)69(99)85(12)61(46-21-16-15-17-22-46)68(98)84(11)54(66(96)87-47-26-27-48(87)41-101-40-47)36-57(89)82(9)53(34-43(3)4)62(92)77-60(44(5)14-2)67(97)81(8)38-58(90)79(6)39-59(91)83(55)10/h24,28,35,43-44,46-48,51-55,60-61H,13-23,25-27,29-34,36-42H2,1-12H3,(H,76,88)(H,77,92)(H,78,93)/t44-,47?,48?,51-,52?,53-,54-,55?,60-,61-/m0/s1. The number of benzene rings is 1. The molecule has 3 N–H and O–H groups in total. The van der Waals surface area contributed by atoms with Crippen molar-refractivity contribution in [3.05, 3.63) is 34.3 Å². The Balaban J connectivity index is 1.29. The summed E-state index contributed by atoms with van der Waals surface area (Å²) >= 11 is 6.14. The molecule has 10 atom stereocenters. The fraction of sp³-hybridized carbons (Fsp3) is 0.746. The van der Waals surface area contributed by atoms with Crippen LogP contribution in [0.15, 0.2) is 18.2 Å². The number of nitrogens with zero attached hydrogens (tertiary/aromatic N) is 9. The monoisotopic (exact) mass is 1440 g/mol. The van der Waals surface area contributed by atoms with Gasteiger partial charge in [-0.3, -0.25) is 57.5 Å². The number of aryl methyl sites for hydroxylation is 1. The van der Waals surface area contributed by atoms with Crippen LogP contribution < -0.4 is 16.0 Å². The average Bonchev–Trinajstić information content (AvgIpc) is 1.74. The molecule has 1 aromatic rings. The normalized spacial score (nSPS) is 27.6. The van der Waals surface area contributed by atoms with Crippen LogP contribution in [0.2, 0.25) is 5.02 Å². The van der Waals surface area contributed by atoms with E-state index in [0.29, 0.717) is 57.8 Å². The van der Waals surface area contributed by atoms with E-state index in [0.717, 1.165) is 51.0 Å². The maximum atomic E-state index is 15.9. The van der Waals surface area contributed by atoms with Crippen molar-refractivity contribution in [2.24, 2.45) is 17.8 Å². The second-order valence-corrected chi connectivity index (χ2v) is 29.7. The van der Waals surface area contributed by atoms with E-state index in [2.05, 4.69) is 16.0 Å². The van der Waals surface area contributed by atoms with Gasteiger partial charge in [-0.25, -0.2) is 0 Å². The van der Waals surface area contributed by atoms with Crippen molar-refractivity contribution in [1.82, 2.24) is 60.0 Å². The Morgan fingerprint density at radius 1 is 0.683 bits per heavy atom. The van der Waals surface area contributed by atoms with E-state index < -0.39 is 173 Å². The van der Waals surface area contributed by atoms with Crippen LogP contribution in [0.1, 0.15) is 161 Å². The molecule has 1 aromatic carbocycles. The fourth-order valence-electron chi connectivity index (χ4n) is 15.2. The van der Waals surface area contributed by atoms with Gasteiger partial charge in [-0.1, -0.05) is 90.8 Å². The molecule has 0 radical (unpaired) electrons. The van der Waals surface area contributed by atoms with Gasteiger partial charge >= 0.3 is 6.18 Å². The number of halogens is 4. The highest BCUT2D eigenvalue weighted by molar-refractivity contribution is 6.31. The Kier molecular flexibility index (Phi) is 28.8. The summed E-state index contributed by atoms with van der Waals surface area (Å²) in [6.45, 7) is 7.60. The van der Waals surface area contributed by atoms with Crippen molar-refractivity contribution in [2.45, 2.75) is 223 Å². The van der Waals surface area contributed by atoms with Crippen molar-refractivity contribution in [1.29, 1.82) is 0 Å². The van der Waals surface area contributed by atoms with E-state index in [1.54, 1.807) is 11.8 Å². The summed E-state index contributed by atoms with van der Waals surface area (Å²) in [5.74, 6) is -9.33. The van der Waals surface area contributed by atoms with Gasteiger partial charge in [0.2, 0.25) is 70.9 Å². The largest absolute Gasteiger partial charge is 0.417 e. The van der Waals surface area contributed by atoms with Crippen molar-refractivity contribution in [3.8, 4) is 0 Å². The SMILES string of the molecule is CCCOCC1C(=O)N(C)CC(=O)N[C@@H](CCc2ccc(C(F)(F)F)c(Cl)c2)C(=O)N2CCCC2C(=O)NC2(CCCC2)C(=O)N(C)[C@@H](C2CCCCC2)C(=O)N(C)[C@H](C(=O)N2C3CCC2COC3)CC(=O)N(C)[C@@H](CC(C)C)C(=O)N[C@@H]([C@@H](C)CC)C(=O)N(C)CC(=O)N(C)CC(=O)N1C. The summed E-state index contributed by atoms with van der Waals surface area (Å²) in [4.78, 5) is 191. The lowest BCUT2D eigenvalue weighted by Gasteiger charge is -2.44. The third-order valence-corrected chi connectivity index (χ3v) is 21.8. The fourth-order valence-corrected chi connectivity index (χ4v) is 15.5. The number of hydrogen-bond acceptors (Lipinski definition) is 14. The Morgan fingerprint density at radius 3 is 1.91 bits per heavy atom. The van der Waals surface area contributed by atoms with Crippen molar-refractivity contribution in [3.63, 3.8) is 0 Å². The number of carbonyl (C=O) groups excluding carboxylic acids is 12. The van der Waals surface area contributed by atoms with Gasteiger partial charge in [0, 0.05) is 62.5 Å². The summed E-state index contributed by atoms with van der Waals surface area (Å²) in [5.41, 5.74) is -2.39. The molecule has 2 aliphatic carbocycles. The van der Waals surface area contributed by atoms with Crippen LogP contribution in [-0.4, -0.2) is 277 Å². The highest BCUT2D eigenvalue weighted by Crippen LogP contribution is 2.39. The zero-order valence-corrected chi connectivity index (χ0v) is 61.8. The predicted molar refractivity (Wildman–Crippen MR) is 368 cm³/mol. The number of rotatable bonds is 13. The van der Waals surface area contributed by atoms with Crippen molar-refractivity contribution < 1.29 is 80.2 Å². The molecule has 4 unspecified atom stereocenters. The summed E-state index contributed by atoms with van der Waals surface area (Å²) < 4.78 is 53.2. The van der Waals surface area contributed by atoms with E-state index in [9.17, 15) is 41.9 Å². The third kappa shape index (κ3) is 19.8. The van der Waals surface area contributed by atoms with Crippen LogP contribution >= 0.6 is 11.6 Å². The third-order valence-electron chi connectivity index (χ3n) is 21.5. The molecule has 12 amide bonds. The smallest absolute Gasteiger partial charge is 0.379 e. The van der Waals surface area contributed by atoms with Crippen LogP contribution in [0.5, 0.6) is 0 Å². The van der Waals surface area contributed by atoms with Crippen molar-refractivity contribution >= 4 is 82.5 Å². The molecule has 2 saturated carbocycles. The van der Waals surface area contributed by atoms with E-state index in [1.807, 2.05) is 27.7 Å². The van der Waals surface area contributed by atoms with Gasteiger partial charge in [0.15, 0.2) is 0 Å². The summed E-state index contributed by atoms with van der Waals surface area (Å²) in [7, 11) is 9.71. The molecule has 4 heterocycles. The highest BCUT2D eigenvalue weighted by Gasteiger charge is 2.52. The Bertz CT molecular complexity index is 3150. The first-order chi connectivity index (χ1) is 47.7. The lowest BCUT2D eigenvalue weighted by molar-refractivity contribution is -0.159. The minimum absolute atomic E-state index is 0.0169. The summed E-state index contributed by atoms with van der Waals surface area (Å²) in [6, 6.07) is -6.71. The number of ether oxygens (including phenoxy) is 2. The van der Waals surface area contributed by atoms with Gasteiger partial charge < -0.3 is 69.5 Å². The molecule has 7 rings (SSSR count). The van der Waals surface area contributed by atoms with Crippen LogP contribution in [0.4, 0.5) is 13.2 Å². The molecular weight excluding hydrogens is 1340 g/mol. The van der Waals surface area contributed by atoms with Gasteiger partial charge in [-0.15, -0.1) is 0 Å².